The first-order valence-electron chi connectivity index (χ1n) is 7.83. The van der Waals surface area contributed by atoms with Crippen LogP contribution >= 0.6 is 11.3 Å². The van der Waals surface area contributed by atoms with Crippen LogP contribution in [0.25, 0.3) is 0 Å². The summed E-state index contributed by atoms with van der Waals surface area (Å²) in [4.78, 5) is 28.8. The molecular formula is C18H20N2O2S. The summed E-state index contributed by atoms with van der Waals surface area (Å²) in [5.41, 5.74) is 2.99. The third kappa shape index (κ3) is 4.05. The molecule has 1 N–H and O–H groups in total. The summed E-state index contributed by atoms with van der Waals surface area (Å²) in [6.07, 6.45) is 4.37. The second-order valence-corrected chi connectivity index (χ2v) is 7.10. The molecule has 0 aliphatic heterocycles. The number of hydrogen-bond acceptors (Lipinski definition) is 4. The van der Waals surface area contributed by atoms with Crippen molar-refractivity contribution in [1.29, 1.82) is 0 Å². The van der Waals surface area contributed by atoms with Crippen LogP contribution in [-0.2, 0) is 11.2 Å². The predicted octanol–water partition coefficient (Wildman–Crippen LogP) is 3.46. The highest BCUT2D eigenvalue weighted by Gasteiger charge is 2.34. The Kier molecular flexibility index (Phi) is 4.57. The molecule has 2 aromatic rings. The average Bonchev–Trinajstić information content (AvgIpc) is 3.23. The first-order valence-corrected chi connectivity index (χ1v) is 8.71. The lowest BCUT2D eigenvalue weighted by Crippen LogP contribution is -2.31. The molecule has 5 heteroatoms. The van der Waals surface area contributed by atoms with E-state index in [9.17, 15) is 9.59 Å². The molecule has 1 amide bonds. The zero-order valence-corrected chi connectivity index (χ0v) is 14.2. The molecule has 0 unspecified atom stereocenters. The Morgan fingerprint density at radius 1 is 1.39 bits per heavy atom. The van der Waals surface area contributed by atoms with E-state index in [-0.39, 0.29) is 17.7 Å². The fourth-order valence-electron chi connectivity index (χ4n) is 2.66. The van der Waals surface area contributed by atoms with E-state index >= 15 is 0 Å². The van der Waals surface area contributed by atoms with Gasteiger partial charge in [0.05, 0.1) is 23.0 Å². The minimum atomic E-state index is -0.0156. The number of aryl methyl sites for hydroxylation is 1. The van der Waals surface area contributed by atoms with Crippen molar-refractivity contribution < 1.29 is 9.59 Å². The van der Waals surface area contributed by atoms with Crippen molar-refractivity contribution in [2.45, 2.75) is 39.2 Å². The molecule has 0 bridgehead atoms. The van der Waals surface area contributed by atoms with Crippen LogP contribution in [0.5, 0.6) is 0 Å². The van der Waals surface area contributed by atoms with E-state index in [1.165, 1.54) is 11.3 Å². The van der Waals surface area contributed by atoms with Crippen LogP contribution in [0.15, 0.2) is 29.8 Å². The fourth-order valence-corrected chi connectivity index (χ4v) is 3.47. The molecule has 2 heterocycles. The van der Waals surface area contributed by atoms with Gasteiger partial charge in [-0.25, -0.2) is 0 Å². The highest BCUT2D eigenvalue weighted by Crippen LogP contribution is 2.40. The number of carbonyl (C=O) groups is 2. The van der Waals surface area contributed by atoms with E-state index in [1.807, 2.05) is 30.5 Å². The topological polar surface area (TPSA) is 59.1 Å². The molecule has 1 fully saturated rings. The van der Waals surface area contributed by atoms with Gasteiger partial charge in [0.2, 0.25) is 5.91 Å². The van der Waals surface area contributed by atoms with Gasteiger partial charge in [0.1, 0.15) is 0 Å². The number of aromatic nitrogens is 1. The van der Waals surface area contributed by atoms with Crippen LogP contribution in [0.3, 0.4) is 0 Å². The maximum absolute atomic E-state index is 12.4. The second-order valence-electron chi connectivity index (χ2n) is 6.19. The molecule has 0 aromatic carbocycles. The van der Waals surface area contributed by atoms with Gasteiger partial charge in [-0.15, -0.1) is 11.3 Å². The van der Waals surface area contributed by atoms with E-state index in [4.69, 9.17) is 0 Å². The Hall–Kier alpha value is -2.01. The number of nitrogens with zero attached hydrogens (tertiary/aromatic N) is 1. The SMILES string of the molecule is CC(=O)c1cc(CC(=O)N[C@H](c2cc(C)ccn2)C2CC2)cs1. The quantitative estimate of drug-likeness (QED) is 0.826. The summed E-state index contributed by atoms with van der Waals surface area (Å²) in [5, 5.41) is 5.01. The van der Waals surface area contributed by atoms with E-state index in [0.717, 1.165) is 29.7 Å². The lowest BCUT2D eigenvalue weighted by molar-refractivity contribution is -0.121. The lowest BCUT2D eigenvalue weighted by atomic mass is 10.1. The maximum atomic E-state index is 12.4. The minimum absolute atomic E-state index is 0.00619. The number of hydrogen-bond donors (Lipinski definition) is 1. The van der Waals surface area contributed by atoms with Crippen molar-refractivity contribution in [1.82, 2.24) is 10.3 Å². The number of rotatable bonds is 6. The Balaban J connectivity index is 1.68. The molecule has 1 aliphatic rings. The molecule has 0 saturated heterocycles. The van der Waals surface area contributed by atoms with E-state index in [2.05, 4.69) is 10.3 Å². The average molecular weight is 328 g/mol. The number of carbonyl (C=O) groups excluding carboxylic acids is 2. The van der Waals surface area contributed by atoms with Crippen molar-refractivity contribution in [3.63, 3.8) is 0 Å². The molecule has 1 atom stereocenters. The summed E-state index contributed by atoms with van der Waals surface area (Å²) >= 11 is 1.39. The monoisotopic (exact) mass is 328 g/mol. The largest absolute Gasteiger partial charge is 0.347 e. The lowest BCUT2D eigenvalue weighted by Gasteiger charge is -2.18. The smallest absolute Gasteiger partial charge is 0.224 e. The number of nitrogens with one attached hydrogen (secondary N) is 1. The van der Waals surface area contributed by atoms with E-state index in [1.54, 1.807) is 13.1 Å². The van der Waals surface area contributed by atoms with Gasteiger partial charge in [-0.1, -0.05) is 0 Å². The highest BCUT2D eigenvalue weighted by atomic mass is 32.1. The van der Waals surface area contributed by atoms with Crippen LogP contribution in [0.2, 0.25) is 0 Å². The molecule has 1 aliphatic carbocycles. The second kappa shape index (κ2) is 6.62. The molecule has 23 heavy (non-hydrogen) atoms. The molecule has 3 rings (SSSR count). The summed E-state index contributed by atoms with van der Waals surface area (Å²) in [6, 6.07) is 5.81. The summed E-state index contributed by atoms with van der Waals surface area (Å²) in [6.45, 7) is 3.58. The van der Waals surface area contributed by atoms with Crippen LogP contribution in [0.1, 0.15) is 52.3 Å². The van der Waals surface area contributed by atoms with Gasteiger partial charge >= 0.3 is 0 Å². The number of thiophene rings is 1. The van der Waals surface area contributed by atoms with Crippen LogP contribution in [-0.4, -0.2) is 16.7 Å². The first kappa shape index (κ1) is 15.9. The summed E-state index contributed by atoms with van der Waals surface area (Å²) in [7, 11) is 0. The molecule has 0 spiro atoms. The van der Waals surface area contributed by atoms with Crippen molar-refractivity contribution in [3.8, 4) is 0 Å². The van der Waals surface area contributed by atoms with E-state index < -0.39 is 0 Å². The maximum Gasteiger partial charge on any atom is 0.224 e. The minimum Gasteiger partial charge on any atom is -0.347 e. The van der Waals surface area contributed by atoms with Crippen LogP contribution in [0.4, 0.5) is 0 Å². The third-order valence-electron chi connectivity index (χ3n) is 4.03. The molecule has 4 nitrogen and oxygen atoms in total. The van der Waals surface area contributed by atoms with Gasteiger partial charge in [0, 0.05) is 6.20 Å². The number of Topliss-reactive ketones (excluding diaryl/α,β-unsaturated/α-hetero) is 1. The number of amides is 1. The summed E-state index contributed by atoms with van der Waals surface area (Å²) in [5.74, 6) is 0.517. The Morgan fingerprint density at radius 2 is 2.17 bits per heavy atom. The standard InChI is InChI=1S/C18H20N2O2S/c1-11-5-6-19-15(7-11)18(14-3-4-14)20-17(22)9-13-8-16(12(2)21)23-10-13/h5-8,10,14,18H,3-4,9H2,1-2H3,(H,20,22)/t18-/m0/s1. The van der Waals surface area contributed by atoms with Crippen molar-refractivity contribution in [2.75, 3.05) is 0 Å². The van der Waals surface area contributed by atoms with Crippen LogP contribution in [0, 0.1) is 12.8 Å². The van der Waals surface area contributed by atoms with E-state index in [0.29, 0.717) is 17.2 Å². The zero-order valence-electron chi connectivity index (χ0n) is 13.3. The van der Waals surface area contributed by atoms with Gasteiger partial charge in [0.15, 0.2) is 5.78 Å². The highest BCUT2D eigenvalue weighted by molar-refractivity contribution is 7.12. The molecule has 1 saturated carbocycles. The van der Waals surface area contributed by atoms with Gasteiger partial charge in [0.25, 0.3) is 0 Å². The summed E-state index contributed by atoms with van der Waals surface area (Å²) < 4.78 is 0. The molecule has 120 valence electrons. The third-order valence-corrected chi connectivity index (χ3v) is 5.11. The van der Waals surface area contributed by atoms with Gasteiger partial charge < -0.3 is 5.32 Å². The van der Waals surface area contributed by atoms with Gasteiger partial charge in [-0.2, -0.15) is 0 Å². The Bertz CT molecular complexity index is 734. The fraction of sp³-hybridized carbons (Fsp3) is 0.389. The van der Waals surface area contributed by atoms with Crippen molar-refractivity contribution in [2.24, 2.45) is 5.92 Å². The van der Waals surface area contributed by atoms with Crippen molar-refractivity contribution >= 4 is 23.0 Å². The van der Waals surface area contributed by atoms with Gasteiger partial charge in [-0.3, -0.25) is 14.6 Å². The molecule has 0 radical (unpaired) electrons. The van der Waals surface area contributed by atoms with Gasteiger partial charge in [-0.05, 0) is 67.3 Å². The Morgan fingerprint density at radius 3 is 2.78 bits per heavy atom. The normalized spacial score (nSPS) is 15.2. The molecule has 2 aromatic heterocycles. The van der Waals surface area contributed by atoms with Crippen LogP contribution < -0.4 is 5.32 Å². The zero-order chi connectivity index (χ0) is 16.4. The number of pyridine rings is 1. The number of ketones is 1. The Labute approximate surface area is 140 Å². The van der Waals surface area contributed by atoms with Crippen molar-refractivity contribution in [3.05, 3.63) is 51.5 Å². The molecular weight excluding hydrogens is 308 g/mol. The predicted molar refractivity (Wildman–Crippen MR) is 90.6 cm³/mol. The first-order chi connectivity index (χ1) is 11.0.